The zero-order valence-electron chi connectivity index (χ0n) is 19.7. The van der Waals surface area contributed by atoms with Gasteiger partial charge in [-0.25, -0.2) is 4.98 Å². The Kier molecular flexibility index (Phi) is 5.85. The second kappa shape index (κ2) is 9.59. The molecular formula is C31H28N4. The van der Waals surface area contributed by atoms with Crippen molar-refractivity contribution in [2.75, 3.05) is 11.4 Å². The molecule has 0 N–H and O–H groups in total. The first kappa shape index (κ1) is 21.4. The van der Waals surface area contributed by atoms with Gasteiger partial charge in [0.05, 0.1) is 18.1 Å². The minimum absolute atomic E-state index is 0.0418. The van der Waals surface area contributed by atoms with E-state index in [1.165, 1.54) is 33.2 Å². The summed E-state index contributed by atoms with van der Waals surface area (Å²) in [5, 5.41) is 2.55. The van der Waals surface area contributed by atoms with Gasteiger partial charge in [0.15, 0.2) is 0 Å². The zero-order valence-corrected chi connectivity index (χ0v) is 19.7. The summed E-state index contributed by atoms with van der Waals surface area (Å²) >= 11 is 0. The highest BCUT2D eigenvalue weighted by Crippen LogP contribution is 2.44. The average molecular weight is 457 g/mol. The van der Waals surface area contributed by atoms with Crippen molar-refractivity contribution >= 4 is 22.3 Å². The Balaban J connectivity index is 1.41. The molecule has 1 aliphatic heterocycles. The van der Waals surface area contributed by atoms with Crippen molar-refractivity contribution in [2.24, 2.45) is 4.99 Å². The molecule has 0 saturated heterocycles. The standard InChI is InChI=1S/C31H28N4/c1-3-11-25(12-4-1)30(26-13-5-2-6-14-26)35-28-18-10-16-24-15-9-17-27(29(24)28)31(35)33-19-7-8-21-34-22-20-32-23-34/h1-6,9-18,20,22-23,30H,7-8,19,21H2/b33-31-. The van der Waals surface area contributed by atoms with Crippen molar-refractivity contribution < 1.29 is 0 Å². The van der Waals surface area contributed by atoms with Crippen LogP contribution in [0, 0.1) is 0 Å². The second-order valence-corrected chi connectivity index (χ2v) is 8.99. The van der Waals surface area contributed by atoms with E-state index in [1.54, 1.807) is 0 Å². The van der Waals surface area contributed by atoms with Crippen LogP contribution in [0.3, 0.4) is 0 Å². The number of rotatable bonds is 8. The van der Waals surface area contributed by atoms with Gasteiger partial charge in [-0.3, -0.25) is 4.99 Å². The summed E-state index contributed by atoms with van der Waals surface area (Å²) in [5.41, 5.74) is 4.98. The number of aliphatic imine (C=N–C) groups is 1. The van der Waals surface area contributed by atoms with Crippen LogP contribution in [-0.2, 0) is 6.54 Å². The predicted octanol–water partition coefficient (Wildman–Crippen LogP) is 6.87. The van der Waals surface area contributed by atoms with Gasteiger partial charge in [0.1, 0.15) is 5.84 Å². The summed E-state index contributed by atoms with van der Waals surface area (Å²) in [6.45, 7) is 1.77. The molecule has 0 atom stereocenters. The van der Waals surface area contributed by atoms with Crippen molar-refractivity contribution in [3.05, 3.63) is 132 Å². The van der Waals surface area contributed by atoms with Gasteiger partial charge in [-0.2, -0.15) is 0 Å². The second-order valence-electron chi connectivity index (χ2n) is 8.99. The fraction of sp³-hybridized carbons (Fsp3) is 0.161. The fourth-order valence-corrected chi connectivity index (χ4v) is 5.15. The highest BCUT2D eigenvalue weighted by atomic mass is 15.2. The third kappa shape index (κ3) is 4.12. The van der Waals surface area contributed by atoms with Crippen LogP contribution in [0.2, 0.25) is 0 Å². The molecule has 4 nitrogen and oxygen atoms in total. The molecule has 35 heavy (non-hydrogen) atoms. The molecule has 0 spiro atoms. The number of hydrogen-bond donors (Lipinski definition) is 0. The van der Waals surface area contributed by atoms with Gasteiger partial charge in [-0.05, 0) is 35.4 Å². The molecule has 5 aromatic rings. The van der Waals surface area contributed by atoms with Crippen LogP contribution in [0.5, 0.6) is 0 Å². The molecule has 4 heteroatoms. The van der Waals surface area contributed by atoms with Crippen LogP contribution < -0.4 is 4.90 Å². The van der Waals surface area contributed by atoms with E-state index in [1.807, 2.05) is 18.7 Å². The number of anilines is 1. The van der Waals surface area contributed by atoms with Gasteiger partial charge in [-0.15, -0.1) is 0 Å². The lowest BCUT2D eigenvalue weighted by Crippen LogP contribution is -2.33. The molecule has 1 aliphatic rings. The topological polar surface area (TPSA) is 33.4 Å². The summed E-state index contributed by atoms with van der Waals surface area (Å²) in [7, 11) is 0. The first-order valence-corrected chi connectivity index (χ1v) is 12.3. The number of amidine groups is 1. The Labute approximate surface area is 206 Å². The number of imidazole rings is 1. The normalized spacial score (nSPS) is 13.9. The highest BCUT2D eigenvalue weighted by Gasteiger charge is 2.34. The van der Waals surface area contributed by atoms with E-state index in [4.69, 9.17) is 4.99 Å². The molecule has 4 aromatic carbocycles. The molecular weight excluding hydrogens is 428 g/mol. The maximum atomic E-state index is 5.25. The first-order valence-electron chi connectivity index (χ1n) is 12.3. The van der Waals surface area contributed by atoms with Crippen LogP contribution in [-0.4, -0.2) is 21.9 Å². The van der Waals surface area contributed by atoms with Crippen LogP contribution in [0.15, 0.2) is 121 Å². The van der Waals surface area contributed by atoms with Gasteiger partial charge < -0.3 is 9.47 Å². The van der Waals surface area contributed by atoms with E-state index in [-0.39, 0.29) is 6.04 Å². The van der Waals surface area contributed by atoms with Crippen molar-refractivity contribution in [2.45, 2.75) is 25.4 Å². The molecule has 0 amide bonds. The molecule has 172 valence electrons. The zero-order chi connectivity index (χ0) is 23.5. The van der Waals surface area contributed by atoms with Gasteiger partial charge >= 0.3 is 0 Å². The first-order chi connectivity index (χ1) is 17.4. The maximum absolute atomic E-state index is 5.25. The van der Waals surface area contributed by atoms with E-state index in [0.717, 1.165) is 31.8 Å². The van der Waals surface area contributed by atoms with E-state index in [0.29, 0.717) is 0 Å². The van der Waals surface area contributed by atoms with Crippen molar-refractivity contribution in [1.29, 1.82) is 0 Å². The Morgan fingerprint density at radius 1 is 0.743 bits per heavy atom. The van der Waals surface area contributed by atoms with Crippen molar-refractivity contribution in [1.82, 2.24) is 9.55 Å². The molecule has 0 bridgehead atoms. The SMILES string of the molecule is c1ccc(C(c2ccccc2)N2/C(=N\CCCCn3ccnc3)c3cccc4cccc2c34)cc1. The summed E-state index contributed by atoms with van der Waals surface area (Å²) in [6, 6.07) is 34.8. The van der Waals surface area contributed by atoms with Crippen LogP contribution in [0.1, 0.15) is 35.6 Å². The van der Waals surface area contributed by atoms with E-state index >= 15 is 0 Å². The molecule has 0 saturated carbocycles. The number of aryl methyl sites for hydroxylation is 1. The summed E-state index contributed by atoms with van der Waals surface area (Å²) in [4.78, 5) is 11.9. The average Bonchev–Trinajstić information content (AvgIpc) is 3.54. The maximum Gasteiger partial charge on any atom is 0.136 e. The predicted molar refractivity (Wildman–Crippen MR) is 144 cm³/mol. The van der Waals surface area contributed by atoms with Gasteiger partial charge in [0.25, 0.3) is 0 Å². The number of nitrogens with zero attached hydrogens (tertiary/aromatic N) is 4. The van der Waals surface area contributed by atoms with Crippen LogP contribution in [0.25, 0.3) is 10.8 Å². The van der Waals surface area contributed by atoms with E-state index in [9.17, 15) is 0 Å². The van der Waals surface area contributed by atoms with Gasteiger partial charge in [0.2, 0.25) is 0 Å². The Morgan fingerprint density at radius 3 is 2.14 bits per heavy atom. The molecule has 0 aliphatic carbocycles. The molecule has 0 unspecified atom stereocenters. The summed E-state index contributed by atoms with van der Waals surface area (Å²) in [5.74, 6) is 1.07. The highest BCUT2D eigenvalue weighted by molar-refractivity contribution is 6.27. The lowest BCUT2D eigenvalue weighted by atomic mass is 9.96. The Hall–Kier alpha value is -4.18. The van der Waals surface area contributed by atoms with Gasteiger partial charge in [-0.1, -0.05) is 91.0 Å². The number of unbranched alkanes of at least 4 members (excludes halogenated alkanes) is 1. The third-order valence-electron chi connectivity index (χ3n) is 6.75. The monoisotopic (exact) mass is 456 g/mol. The largest absolute Gasteiger partial charge is 0.337 e. The Morgan fingerprint density at radius 2 is 1.46 bits per heavy atom. The Bertz CT molecular complexity index is 1400. The number of aromatic nitrogens is 2. The fourth-order valence-electron chi connectivity index (χ4n) is 5.15. The molecule has 2 heterocycles. The van der Waals surface area contributed by atoms with Crippen LogP contribution >= 0.6 is 0 Å². The smallest absolute Gasteiger partial charge is 0.136 e. The summed E-state index contributed by atoms with van der Waals surface area (Å²) < 4.78 is 2.13. The molecule has 0 fully saturated rings. The lowest BCUT2D eigenvalue weighted by molar-refractivity contribution is 0.614. The number of hydrogen-bond acceptors (Lipinski definition) is 2. The van der Waals surface area contributed by atoms with Crippen molar-refractivity contribution in [3.8, 4) is 0 Å². The minimum Gasteiger partial charge on any atom is -0.337 e. The van der Waals surface area contributed by atoms with Crippen molar-refractivity contribution in [3.63, 3.8) is 0 Å². The summed E-state index contributed by atoms with van der Waals surface area (Å²) in [6.07, 6.45) is 7.84. The molecule has 6 rings (SSSR count). The minimum atomic E-state index is 0.0418. The molecule has 0 radical (unpaired) electrons. The van der Waals surface area contributed by atoms with E-state index in [2.05, 4.69) is 112 Å². The lowest BCUT2D eigenvalue weighted by Gasteiger charge is -2.32. The molecule has 1 aromatic heterocycles. The van der Waals surface area contributed by atoms with Crippen LogP contribution in [0.4, 0.5) is 5.69 Å². The number of benzene rings is 4. The third-order valence-corrected chi connectivity index (χ3v) is 6.75. The van der Waals surface area contributed by atoms with E-state index < -0.39 is 0 Å². The quantitative estimate of drug-likeness (QED) is 0.239. The van der Waals surface area contributed by atoms with Gasteiger partial charge in [0, 0.05) is 36.4 Å².